The molecule has 2 heterocycles. The highest BCUT2D eigenvalue weighted by atomic mass is 35.5. The third kappa shape index (κ3) is 7.51. The Morgan fingerprint density at radius 2 is 1.76 bits per heavy atom. The van der Waals surface area contributed by atoms with E-state index >= 15 is 0 Å². The van der Waals surface area contributed by atoms with E-state index in [2.05, 4.69) is 10.6 Å². The lowest BCUT2D eigenvalue weighted by Gasteiger charge is -2.31. The number of anilines is 1. The van der Waals surface area contributed by atoms with Crippen molar-refractivity contribution in [1.82, 2.24) is 9.62 Å². The van der Waals surface area contributed by atoms with Gasteiger partial charge < -0.3 is 15.1 Å². The number of hydrogen-bond donors (Lipinski definition) is 2. The van der Waals surface area contributed by atoms with Crippen molar-refractivity contribution in [3.05, 3.63) is 77.0 Å². The van der Waals surface area contributed by atoms with E-state index in [1.807, 2.05) is 6.07 Å². The number of piperidine rings is 1. The Morgan fingerprint density at radius 3 is 2.43 bits per heavy atom. The molecule has 0 unspecified atom stereocenters. The second-order valence-corrected chi connectivity index (χ2v) is 15.2. The number of sulfonamides is 1. The highest BCUT2D eigenvalue weighted by Crippen LogP contribution is 2.28. The lowest BCUT2D eigenvalue weighted by molar-refractivity contribution is 0.0947. The smallest absolute Gasteiger partial charge is 0.276 e. The quantitative estimate of drug-likeness (QED) is 0.359. The molecule has 4 rings (SSSR count). The molecular formula is C24H26ClN3O6S3. The molecule has 1 aliphatic heterocycles. The first-order chi connectivity index (χ1) is 17.5. The van der Waals surface area contributed by atoms with Gasteiger partial charge in [-0.2, -0.15) is 4.31 Å². The number of carbonyl (C=O) groups is 1. The van der Waals surface area contributed by atoms with Crippen LogP contribution < -0.4 is 10.6 Å². The van der Waals surface area contributed by atoms with E-state index in [0.717, 1.165) is 22.7 Å². The van der Waals surface area contributed by atoms with Crippen LogP contribution in [0.4, 0.5) is 5.69 Å². The van der Waals surface area contributed by atoms with Crippen LogP contribution in [0.15, 0.2) is 75.1 Å². The molecule has 1 aromatic heterocycles. The highest BCUT2D eigenvalue weighted by Gasteiger charge is 2.31. The van der Waals surface area contributed by atoms with Crippen LogP contribution >= 0.6 is 22.4 Å². The highest BCUT2D eigenvalue weighted by molar-refractivity contribution is 8.71. The molecule has 0 bridgehead atoms. The Bertz CT molecular complexity index is 1470. The van der Waals surface area contributed by atoms with E-state index in [-0.39, 0.29) is 23.6 Å². The molecule has 0 aliphatic carbocycles. The first kappa shape index (κ1) is 27.5. The summed E-state index contributed by atoms with van der Waals surface area (Å²) in [4.78, 5) is 12.9. The van der Waals surface area contributed by atoms with Gasteiger partial charge >= 0.3 is 0 Å². The molecule has 1 saturated heterocycles. The maximum absolute atomic E-state index is 13.1. The van der Waals surface area contributed by atoms with E-state index < -0.39 is 18.9 Å². The average molecular weight is 584 g/mol. The molecule has 2 N–H and O–H groups in total. The Hall–Kier alpha value is -2.51. The monoisotopic (exact) mass is 583 g/mol. The number of amides is 1. The normalized spacial score (nSPS) is 15.4. The van der Waals surface area contributed by atoms with Crippen molar-refractivity contribution >= 4 is 52.9 Å². The van der Waals surface area contributed by atoms with Crippen LogP contribution in [0.3, 0.4) is 0 Å². The van der Waals surface area contributed by atoms with E-state index in [0.29, 0.717) is 47.2 Å². The number of benzene rings is 2. The van der Waals surface area contributed by atoms with Gasteiger partial charge in [-0.3, -0.25) is 4.79 Å². The van der Waals surface area contributed by atoms with Gasteiger partial charge in [-0.15, -0.1) is 0 Å². The van der Waals surface area contributed by atoms with Crippen molar-refractivity contribution in [3.8, 4) is 0 Å². The summed E-state index contributed by atoms with van der Waals surface area (Å²) in [6, 6.07) is 16.5. The summed E-state index contributed by atoms with van der Waals surface area (Å²) in [5.41, 5.74) is 1.22. The molecule has 9 nitrogen and oxygen atoms in total. The van der Waals surface area contributed by atoms with E-state index in [1.54, 1.807) is 42.5 Å². The van der Waals surface area contributed by atoms with Gasteiger partial charge in [0.2, 0.25) is 14.0 Å². The standard InChI is InChI=1S/C24H26ClN3O6S3/c1-36(30,31)35-22-4-2-3-20(15-22)27-19-11-13-28(14-12-19)37(32,33)23-10-9-21(34-23)16-26-24(29)17-5-7-18(25)8-6-17/h2-10,15,19,27H,11-14,16H2,1H3,(H,26,29). The molecule has 1 amide bonds. The summed E-state index contributed by atoms with van der Waals surface area (Å²) < 4.78 is 56.2. The van der Waals surface area contributed by atoms with Gasteiger partial charge in [-0.1, -0.05) is 17.7 Å². The van der Waals surface area contributed by atoms with Crippen LogP contribution in [0.2, 0.25) is 5.02 Å². The van der Waals surface area contributed by atoms with Gasteiger partial charge in [0.1, 0.15) is 5.76 Å². The molecule has 0 radical (unpaired) electrons. The first-order valence-electron chi connectivity index (χ1n) is 11.4. The summed E-state index contributed by atoms with van der Waals surface area (Å²) in [5, 5.41) is 6.42. The van der Waals surface area contributed by atoms with Crippen molar-refractivity contribution in [3.63, 3.8) is 0 Å². The Morgan fingerprint density at radius 1 is 1.05 bits per heavy atom. The van der Waals surface area contributed by atoms with Gasteiger partial charge in [0.15, 0.2) is 0 Å². The number of carbonyl (C=O) groups excluding carboxylic acids is 1. The Labute approximate surface area is 224 Å². The minimum Gasteiger partial charge on any atom is -0.446 e. The molecule has 37 heavy (non-hydrogen) atoms. The minimum atomic E-state index is -3.82. The zero-order valence-electron chi connectivity index (χ0n) is 19.9. The number of nitrogens with one attached hydrogen (secondary N) is 2. The van der Waals surface area contributed by atoms with Gasteiger partial charge in [-0.05, 0) is 67.4 Å². The predicted octanol–water partition coefficient (Wildman–Crippen LogP) is 4.18. The fraction of sp³-hybridized carbons (Fsp3) is 0.292. The van der Waals surface area contributed by atoms with Crippen LogP contribution in [0.1, 0.15) is 29.0 Å². The van der Waals surface area contributed by atoms with Gasteiger partial charge in [0.05, 0.1) is 6.54 Å². The molecule has 1 fully saturated rings. The van der Waals surface area contributed by atoms with Crippen molar-refractivity contribution in [2.45, 2.75) is 35.4 Å². The largest absolute Gasteiger partial charge is 0.446 e. The van der Waals surface area contributed by atoms with Crippen molar-refractivity contribution < 1.29 is 26.0 Å². The zero-order valence-corrected chi connectivity index (χ0v) is 23.1. The van der Waals surface area contributed by atoms with E-state index in [9.17, 15) is 21.6 Å². The number of rotatable bonds is 9. The molecule has 0 atom stereocenters. The van der Waals surface area contributed by atoms with Crippen LogP contribution in [0, 0.1) is 0 Å². The molecule has 1 aliphatic rings. The molecule has 0 spiro atoms. The number of halogens is 1. The van der Waals surface area contributed by atoms with Crippen LogP contribution in [0.5, 0.6) is 0 Å². The fourth-order valence-electron chi connectivity index (χ4n) is 3.88. The third-order valence-corrected chi connectivity index (χ3v) is 9.93. The van der Waals surface area contributed by atoms with Crippen molar-refractivity contribution in [1.29, 1.82) is 0 Å². The van der Waals surface area contributed by atoms with Gasteiger partial charge in [0.25, 0.3) is 15.9 Å². The van der Waals surface area contributed by atoms with Crippen LogP contribution in [-0.4, -0.2) is 52.4 Å². The van der Waals surface area contributed by atoms with E-state index in [1.165, 1.54) is 16.4 Å². The second kappa shape index (κ2) is 11.5. The molecule has 2 aromatic carbocycles. The first-order valence-corrected chi connectivity index (χ1v) is 16.4. The maximum Gasteiger partial charge on any atom is 0.276 e. The summed E-state index contributed by atoms with van der Waals surface area (Å²) in [7, 11) is -6.24. The Kier molecular flexibility index (Phi) is 8.54. The molecule has 0 saturated carbocycles. The van der Waals surface area contributed by atoms with Gasteiger partial charge in [0, 0.05) is 57.3 Å². The molecule has 13 heteroatoms. The molecular weight excluding hydrogens is 558 g/mol. The summed E-state index contributed by atoms with van der Waals surface area (Å²) in [6.07, 6.45) is 2.31. The summed E-state index contributed by atoms with van der Waals surface area (Å²) in [6.45, 7) is 0.655. The summed E-state index contributed by atoms with van der Waals surface area (Å²) in [5.74, 6) is -0.00298. The van der Waals surface area contributed by atoms with Crippen molar-refractivity contribution in [2.24, 2.45) is 0 Å². The number of furan rings is 1. The zero-order chi connectivity index (χ0) is 26.6. The number of hydrogen-bond acceptors (Lipinski definition) is 8. The van der Waals surface area contributed by atoms with Crippen molar-refractivity contribution in [2.75, 3.05) is 24.7 Å². The topological polar surface area (TPSA) is 126 Å². The fourth-order valence-corrected chi connectivity index (χ4v) is 7.42. The van der Waals surface area contributed by atoms with Gasteiger partial charge in [-0.25, -0.2) is 16.8 Å². The number of nitrogens with zero attached hydrogens (tertiary/aromatic N) is 1. The molecule has 198 valence electrons. The van der Waals surface area contributed by atoms with E-state index in [4.69, 9.17) is 16.0 Å². The average Bonchev–Trinajstić information content (AvgIpc) is 3.33. The van der Waals surface area contributed by atoms with Crippen LogP contribution in [-0.2, 0) is 25.4 Å². The molecule has 3 aromatic rings. The SMILES string of the molecule is CS(=O)(=O)Sc1cccc(NC2CCN(S(=O)(=O)c3ccc(CNC(=O)c4ccc(Cl)cc4)o3)CC2)c1. The predicted molar refractivity (Wildman–Crippen MR) is 144 cm³/mol. The Balaban J connectivity index is 1.31. The third-order valence-electron chi connectivity index (χ3n) is 5.67. The lowest BCUT2D eigenvalue weighted by Crippen LogP contribution is -2.42. The van der Waals surface area contributed by atoms with Crippen LogP contribution in [0.25, 0.3) is 0 Å². The maximum atomic E-state index is 13.1. The lowest BCUT2D eigenvalue weighted by atomic mass is 10.1. The summed E-state index contributed by atoms with van der Waals surface area (Å²) >= 11 is 5.84. The second-order valence-electron chi connectivity index (χ2n) is 8.55. The minimum absolute atomic E-state index is 0.0413.